The molecule has 0 amide bonds. The summed E-state index contributed by atoms with van der Waals surface area (Å²) < 4.78 is 2.49. The summed E-state index contributed by atoms with van der Waals surface area (Å²) >= 11 is 0. The Hall–Kier alpha value is -7.42. The molecule has 0 aliphatic rings. The van der Waals surface area contributed by atoms with Gasteiger partial charge in [0.25, 0.3) is 0 Å². The monoisotopic (exact) mass is 742 g/mol. The van der Waals surface area contributed by atoms with Crippen LogP contribution in [0, 0.1) is 13.8 Å². The Labute approximate surface area is 340 Å². The molecule has 10 rings (SSSR count). The molecule has 0 aliphatic carbocycles. The zero-order chi connectivity index (χ0) is 39.0. The van der Waals surface area contributed by atoms with Crippen molar-refractivity contribution in [3.63, 3.8) is 0 Å². The topological polar surface area (TPSA) is 8.17 Å². The van der Waals surface area contributed by atoms with Crippen molar-refractivity contribution in [2.45, 2.75) is 13.8 Å². The van der Waals surface area contributed by atoms with Gasteiger partial charge < -0.3 is 9.47 Å². The van der Waals surface area contributed by atoms with Crippen LogP contribution in [0.15, 0.2) is 218 Å². The second kappa shape index (κ2) is 14.9. The van der Waals surface area contributed by atoms with E-state index >= 15 is 0 Å². The minimum absolute atomic E-state index is 1.08. The summed E-state index contributed by atoms with van der Waals surface area (Å²) in [6, 6.07) is 79.5. The van der Waals surface area contributed by atoms with Crippen LogP contribution in [0.1, 0.15) is 11.1 Å². The van der Waals surface area contributed by atoms with Crippen molar-refractivity contribution in [1.82, 2.24) is 4.57 Å². The lowest BCUT2D eigenvalue weighted by Gasteiger charge is -2.28. The SMILES string of the molecule is Cc1cccc(-c2cccc(-n3c4ccccc4c4ccc(N(c5ccc(-c6ccccc6)cc5)c5ccccc5-c5ccccc5)cc43)c2-c2cccc(C)c2)c1. The van der Waals surface area contributed by atoms with E-state index in [4.69, 9.17) is 0 Å². The minimum Gasteiger partial charge on any atom is -0.310 e. The maximum absolute atomic E-state index is 2.49. The molecule has 0 radical (unpaired) electrons. The highest BCUT2D eigenvalue weighted by atomic mass is 15.1. The van der Waals surface area contributed by atoms with Gasteiger partial charge in [-0.2, -0.15) is 0 Å². The van der Waals surface area contributed by atoms with Gasteiger partial charge in [-0.3, -0.25) is 0 Å². The van der Waals surface area contributed by atoms with Crippen molar-refractivity contribution in [1.29, 1.82) is 0 Å². The van der Waals surface area contributed by atoms with Gasteiger partial charge in [0.15, 0.2) is 0 Å². The highest BCUT2D eigenvalue weighted by molar-refractivity contribution is 6.11. The molecule has 0 atom stereocenters. The van der Waals surface area contributed by atoms with Crippen molar-refractivity contribution in [2.75, 3.05) is 4.90 Å². The average Bonchev–Trinajstić information content (AvgIpc) is 3.61. The normalized spacial score (nSPS) is 11.3. The number of aryl methyl sites for hydroxylation is 2. The van der Waals surface area contributed by atoms with E-state index < -0.39 is 0 Å². The molecule has 0 fully saturated rings. The molecule has 0 spiro atoms. The lowest BCUT2D eigenvalue weighted by atomic mass is 9.91. The molecule has 0 saturated heterocycles. The van der Waals surface area contributed by atoms with Crippen molar-refractivity contribution in [3.05, 3.63) is 230 Å². The first-order chi connectivity index (χ1) is 28.6. The Balaban J connectivity index is 1.24. The standard InChI is InChI=1S/C56H42N2/c1-39-16-13-22-44(36-39)49-26-15-29-54(56(49)45-23-14-17-40(2)37-45)58-53-28-12-10-25-50(53)51-35-34-47(38-55(51)58)57(46-32-30-42(31-33-46)41-18-5-3-6-19-41)52-27-11-9-24-48(52)43-20-7-4-8-21-43/h3-38H,1-2H3. The van der Waals surface area contributed by atoms with Crippen molar-refractivity contribution in [3.8, 4) is 50.2 Å². The van der Waals surface area contributed by atoms with Gasteiger partial charge in [-0.05, 0) is 89.7 Å². The van der Waals surface area contributed by atoms with E-state index in [1.165, 1.54) is 71.9 Å². The second-order valence-electron chi connectivity index (χ2n) is 15.1. The molecule has 0 bridgehead atoms. The fraction of sp³-hybridized carbons (Fsp3) is 0.0357. The van der Waals surface area contributed by atoms with Crippen LogP contribution in [-0.2, 0) is 0 Å². The Morgan fingerprint density at radius 2 is 0.897 bits per heavy atom. The third kappa shape index (κ3) is 6.35. The maximum atomic E-state index is 2.49. The quantitative estimate of drug-likeness (QED) is 0.150. The van der Waals surface area contributed by atoms with Crippen LogP contribution in [-0.4, -0.2) is 4.57 Å². The lowest BCUT2D eigenvalue weighted by Crippen LogP contribution is -2.11. The van der Waals surface area contributed by atoms with Crippen LogP contribution in [0.5, 0.6) is 0 Å². The number of rotatable bonds is 8. The molecule has 2 nitrogen and oxygen atoms in total. The van der Waals surface area contributed by atoms with Gasteiger partial charge in [0.05, 0.1) is 22.4 Å². The number of nitrogens with zero attached hydrogens (tertiary/aromatic N) is 2. The van der Waals surface area contributed by atoms with Crippen LogP contribution in [0.2, 0.25) is 0 Å². The summed E-state index contributed by atoms with van der Waals surface area (Å²) in [6.07, 6.45) is 0. The van der Waals surface area contributed by atoms with Gasteiger partial charge in [0.1, 0.15) is 0 Å². The Bertz CT molecular complexity index is 3070. The summed E-state index contributed by atoms with van der Waals surface area (Å²) in [5, 5.41) is 2.44. The summed E-state index contributed by atoms with van der Waals surface area (Å²) in [5.41, 5.74) is 18.8. The first-order valence-electron chi connectivity index (χ1n) is 20.0. The van der Waals surface area contributed by atoms with Crippen LogP contribution >= 0.6 is 0 Å². The molecule has 0 aliphatic heterocycles. The Morgan fingerprint density at radius 3 is 1.66 bits per heavy atom. The molecular weight excluding hydrogens is 701 g/mol. The lowest BCUT2D eigenvalue weighted by molar-refractivity contribution is 1.18. The largest absolute Gasteiger partial charge is 0.310 e. The molecule has 0 unspecified atom stereocenters. The smallest absolute Gasteiger partial charge is 0.0562 e. The number of anilines is 3. The molecular formula is C56H42N2. The van der Waals surface area contributed by atoms with Crippen LogP contribution in [0.25, 0.3) is 72.0 Å². The average molecular weight is 743 g/mol. The van der Waals surface area contributed by atoms with Gasteiger partial charge in [0, 0.05) is 33.3 Å². The zero-order valence-corrected chi connectivity index (χ0v) is 32.7. The highest BCUT2D eigenvalue weighted by Gasteiger charge is 2.22. The molecule has 0 saturated carbocycles. The van der Waals surface area contributed by atoms with Crippen molar-refractivity contribution in [2.24, 2.45) is 0 Å². The van der Waals surface area contributed by atoms with E-state index in [1.807, 2.05) is 0 Å². The molecule has 9 aromatic carbocycles. The fourth-order valence-electron chi connectivity index (χ4n) is 8.63. The number of fused-ring (bicyclic) bond motifs is 3. The Kier molecular flexibility index (Phi) is 9.01. The molecule has 0 N–H and O–H groups in total. The molecule has 58 heavy (non-hydrogen) atoms. The van der Waals surface area contributed by atoms with E-state index in [0.29, 0.717) is 0 Å². The molecule has 276 valence electrons. The van der Waals surface area contributed by atoms with Crippen LogP contribution < -0.4 is 4.90 Å². The van der Waals surface area contributed by atoms with E-state index in [1.54, 1.807) is 0 Å². The summed E-state index contributed by atoms with van der Waals surface area (Å²) in [5.74, 6) is 0. The Morgan fingerprint density at radius 1 is 0.345 bits per heavy atom. The first-order valence-corrected chi connectivity index (χ1v) is 20.0. The number of hydrogen-bond donors (Lipinski definition) is 0. The minimum atomic E-state index is 1.08. The number of hydrogen-bond acceptors (Lipinski definition) is 1. The highest BCUT2D eigenvalue weighted by Crippen LogP contribution is 2.45. The van der Waals surface area contributed by atoms with Crippen molar-refractivity contribution < 1.29 is 0 Å². The summed E-state index contributed by atoms with van der Waals surface area (Å²) in [7, 11) is 0. The number of para-hydroxylation sites is 2. The van der Waals surface area contributed by atoms with Crippen LogP contribution in [0.3, 0.4) is 0 Å². The predicted octanol–water partition coefficient (Wildman–Crippen LogP) is 15.5. The van der Waals surface area contributed by atoms with Gasteiger partial charge in [0.2, 0.25) is 0 Å². The van der Waals surface area contributed by atoms with E-state index in [9.17, 15) is 0 Å². The predicted molar refractivity (Wildman–Crippen MR) is 247 cm³/mol. The van der Waals surface area contributed by atoms with E-state index in [2.05, 4.69) is 242 Å². The third-order valence-corrected chi connectivity index (χ3v) is 11.3. The van der Waals surface area contributed by atoms with Crippen LogP contribution in [0.4, 0.5) is 17.1 Å². The summed E-state index contributed by atoms with van der Waals surface area (Å²) in [6.45, 7) is 4.35. The molecule has 1 aromatic heterocycles. The fourth-order valence-corrected chi connectivity index (χ4v) is 8.63. The number of benzene rings is 9. The van der Waals surface area contributed by atoms with E-state index in [-0.39, 0.29) is 0 Å². The van der Waals surface area contributed by atoms with Gasteiger partial charge in [-0.1, -0.05) is 187 Å². The maximum Gasteiger partial charge on any atom is 0.0562 e. The van der Waals surface area contributed by atoms with Crippen molar-refractivity contribution >= 4 is 38.9 Å². The third-order valence-electron chi connectivity index (χ3n) is 11.3. The first kappa shape index (κ1) is 35.0. The molecule has 2 heteroatoms. The zero-order valence-electron chi connectivity index (χ0n) is 32.7. The van der Waals surface area contributed by atoms with Gasteiger partial charge in [-0.15, -0.1) is 0 Å². The van der Waals surface area contributed by atoms with E-state index in [0.717, 1.165) is 28.3 Å². The number of aromatic nitrogens is 1. The molecule has 1 heterocycles. The van der Waals surface area contributed by atoms with Gasteiger partial charge >= 0.3 is 0 Å². The summed E-state index contributed by atoms with van der Waals surface area (Å²) in [4.78, 5) is 2.42. The van der Waals surface area contributed by atoms with Gasteiger partial charge in [-0.25, -0.2) is 0 Å². The second-order valence-corrected chi connectivity index (χ2v) is 15.1. The molecule has 10 aromatic rings.